The number of guanidine groups is 1. The number of likely N-dealkylation sites (tertiary alicyclic amines) is 1. The minimum Gasteiger partial charge on any atom is -0.370 e. The largest absolute Gasteiger partial charge is 0.370 e. The third-order valence-corrected chi connectivity index (χ3v) is 5.82. The first-order chi connectivity index (χ1) is 10.3. The van der Waals surface area contributed by atoms with Crippen LogP contribution in [0.3, 0.4) is 0 Å². The molecule has 4 heteroatoms. The fourth-order valence-corrected chi connectivity index (χ4v) is 4.02. The highest BCUT2D eigenvalue weighted by Gasteiger charge is 2.43. The maximum Gasteiger partial charge on any atom is 0.191 e. The topological polar surface area (TPSA) is 41.6 Å². The third-order valence-electron chi connectivity index (χ3n) is 4.34. The molecule has 2 fully saturated rings. The molecule has 0 aromatic heterocycles. The second kappa shape index (κ2) is 6.73. The summed E-state index contributed by atoms with van der Waals surface area (Å²) in [6.45, 7) is 3.01. The van der Waals surface area contributed by atoms with Crippen LogP contribution in [-0.4, -0.2) is 35.2 Å². The predicted molar refractivity (Wildman–Crippen MR) is 90.8 cm³/mol. The smallest absolute Gasteiger partial charge is 0.191 e. The molecule has 0 bridgehead atoms. The Morgan fingerprint density at radius 1 is 1.10 bits per heavy atom. The lowest BCUT2D eigenvalue weighted by molar-refractivity contribution is 0.428. The summed E-state index contributed by atoms with van der Waals surface area (Å²) in [6.07, 6.45) is 7.67. The first-order valence-electron chi connectivity index (χ1n) is 8.06. The van der Waals surface area contributed by atoms with Gasteiger partial charge in [-0.25, -0.2) is 0 Å². The standard InChI is InChI=1S/C17H25N3S/c18-16(20-12-6-1-2-7-13-20)19-14-17(10-11-17)21-15-8-4-3-5-9-15/h3-5,8-9H,1-2,6-7,10-14H2,(H2,18,19). The fraction of sp³-hybridized carbons (Fsp3) is 0.588. The van der Waals surface area contributed by atoms with Crippen molar-refractivity contribution in [3.8, 4) is 0 Å². The van der Waals surface area contributed by atoms with Crippen LogP contribution in [-0.2, 0) is 0 Å². The molecule has 1 saturated carbocycles. The molecule has 1 aliphatic heterocycles. The molecule has 21 heavy (non-hydrogen) atoms. The maximum absolute atomic E-state index is 6.21. The highest BCUT2D eigenvalue weighted by molar-refractivity contribution is 8.01. The number of hydrogen-bond acceptors (Lipinski definition) is 2. The number of nitrogens with zero attached hydrogens (tertiary/aromatic N) is 2. The zero-order chi connectivity index (χ0) is 14.5. The number of hydrogen-bond donors (Lipinski definition) is 1. The van der Waals surface area contributed by atoms with E-state index in [9.17, 15) is 0 Å². The Bertz CT molecular complexity index is 474. The van der Waals surface area contributed by atoms with Crippen molar-refractivity contribution in [3.63, 3.8) is 0 Å². The van der Waals surface area contributed by atoms with Crippen LogP contribution in [0.15, 0.2) is 40.2 Å². The molecular formula is C17H25N3S. The van der Waals surface area contributed by atoms with E-state index in [1.54, 1.807) is 0 Å². The van der Waals surface area contributed by atoms with Gasteiger partial charge in [-0.15, -0.1) is 11.8 Å². The minimum atomic E-state index is 0.303. The summed E-state index contributed by atoms with van der Waals surface area (Å²) in [5.74, 6) is 0.761. The summed E-state index contributed by atoms with van der Waals surface area (Å²) < 4.78 is 0.303. The molecule has 1 aromatic carbocycles. The predicted octanol–water partition coefficient (Wildman–Crippen LogP) is 3.50. The van der Waals surface area contributed by atoms with Crippen LogP contribution in [0.4, 0.5) is 0 Å². The number of thioether (sulfide) groups is 1. The summed E-state index contributed by atoms with van der Waals surface area (Å²) in [5, 5.41) is 0. The van der Waals surface area contributed by atoms with Crippen molar-refractivity contribution in [1.82, 2.24) is 4.90 Å². The van der Waals surface area contributed by atoms with Gasteiger partial charge in [0.2, 0.25) is 0 Å². The molecule has 1 heterocycles. The molecule has 3 nitrogen and oxygen atoms in total. The number of rotatable bonds is 4. The van der Waals surface area contributed by atoms with Gasteiger partial charge in [0.15, 0.2) is 5.96 Å². The van der Waals surface area contributed by atoms with Gasteiger partial charge in [0.05, 0.1) is 6.54 Å². The number of nitrogens with two attached hydrogens (primary N) is 1. The Morgan fingerprint density at radius 2 is 1.76 bits per heavy atom. The van der Waals surface area contributed by atoms with E-state index >= 15 is 0 Å². The lowest BCUT2D eigenvalue weighted by Gasteiger charge is -2.22. The molecule has 2 N–H and O–H groups in total. The molecule has 0 unspecified atom stereocenters. The minimum absolute atomic E-state index is 0.303. The van der Waals surface area contributed by atoms with Crippen molar-refractivity contribution in [2.45, 2.75) is 48.2 Å². The second-order valence-electron chi connectivity index (χ2n) is 6.17. The Balaban J connectivity index is 1.56. The Kier molecular flexibility index (Phi) is 4.73. The number of benzene rings is 1. The zero-order valence-electron chi connectivity index (χ0n) is 12.6. The summed E-state index contributed by atoms with van der Waals surface area (Å²) >= 11 is 1.97. The van der Waals surface area contributed by atoms with E-state index in [0.717, 1.165) is 25.6 Å². The van der Waals surface area contributed by atoms with Crippen LogP contribution >= 0.6 is 11.8 Å². The monoisotopic (exact) mass is 303 g/mol. The van der Waals surface area contributed by atoms with Crippen LogP contribution in [0.1, 0.15) is 38.5 Å². The Hall–Kier alpha value is -1.16. The summed E-state index contributed by atoms with van der Waals surface area (Å²) in [7, 11) is 0. The second-order valence-corrected chi connectivity index (χ2v) is 7.72. The van der Waals surface area contributed by atoms with E-state index in [0.29, 0.717) is 4.75 Å². The van der Waals surface area contributed by atoms with Crippen LogP contribution < -0.4 is 5.73 Å². The highest BCUT2D eigenvalue weighted by atomic mass is 32.2. The van der Waals surface area contributed by atoms with Gasteiger partial charge >= 0.3 is 0 Å². The van der Waals surface area contributed by atoms with Gasteiger partial charge < -0.3 is 10.6 Å². The molecule has 2 aliphatic rings. The SMILES string of the molecule is NC(=NCC1(Sc2ccccc2)CC1)N1CCCCCC1. The van der Waals surface area contributed by atoms with Crippen molar-refractivity contribution in [2.24, 2.45) is 10.7 Å². The summed E-state index contributed by atoms with van der Waals surface area (Å²) in [4.78, 5) is 8.34. The molecule has 1 aromatic rings. The van der Waals surface area contributed by atoms with Crippen molar-refractivity contribution in [3.05, 3.63) is 30.3 Å². The molecule has 0 radical (unpaired) electrons. The average Bonchev–Trinajstić information content (AvgIpc) is 3.30. The quantitative estimate of drug-likeness (QED) is 0.684. The van der Waals surface area contributed by atoms with Gasteiger partial charge in [0.1, 0.15) is 0 Å². The first kappa shape index (κ1) is 14.8. The van der Waals surface area contributed by atoms with Gasteiger partial charge in [0.25, 0.3) is 0 Å². The molecular weight excluding hydrogens is 278 g/mol. The van der Waals surface area contributed by atoms with E-state index in [1.165, 1.54) is 43.4 Å². The van der Waals surface area contributed by atoms with Crippen LogP contribution in [0.2, 0.25) is 0 Å². The highest BCUT2D eigenvalue weighted by Crippen LogP contribution is 2.51. The van der Waals surface area contributed by atoms with Crippen molar-refractivity contribution < 1.29 is 0 Å². The molecule has 3 rings (SSSR count). The van der Waals surface area contributed by atoms with E-state index in [2.05, 4.69) is 35.2 Å². The fourth-order valence-electron chi connectivity index (χ4n) is 2.80. The maximum atomic E-state index is 6.21. The van der Waals surface area contributed by atoms with E-state index in [4.69, 9.17) is 10.7 Å². The molecule has 1 aliphatic carbocycles. The first-order valence-corrected chi connectivity index (χ1v) is 8.88. The lowest BCUT2D eigenvalue weighted by atomic mass is 10.2. The van der Waals surface area contributed by atoms with Gasteiger partial charge in [-0.2, -0.15) is 0 Å². The molecule has 1 saturated heterocycles. The summed E-state index contributed by atoms with van der Waals surface area (Å²) in [6, 6.07) is 10.7. The normalized spacial score (nSPS) is 21.9. The average molecular weight is 303 g/mol. The van der Waals surface area contributed by atoms with Crippen molar-refractivity contribution in [2.75, 3.05) is 19.6 Å². The molecule has 114 valence electrons. The van der Waals surface area contributed by atoms with Gasteiger partial charge in [0, 0.05) is 22.7 Å². The van der Waals surface area contributed by atoms with E-state index in [-0.39, 0.29) is 0 Å². The lowest BCUT2D eigenvalue weighted by Crippen LogP contribution is -2.38. The van der Waals surface area contributed by atoms with E-state index < -0.39 is 0 Å². The molecule has 0 spiro atoms. The van der Waals surface area contributed by atoms with Crippen LogP contribution in [0, 0.1) is 0 Å². The van der Waals surface area contributed by atoms with Crippen LogP contribution in [0.25, 0.3) is 0 Å². The third kappa shape index (κ3) is 4.16. The molecule has 0 atom stereocenters. The van der Waals surface area contributed by atoms with Crippen molar-refractivity contribution in [1.29, 1.82) is 0 Å². The Labute approximate surface area is 132 Å². The van der Waals surface area contributed by atoms with E-state index in [1.807, 2.05) is 11.8 Å². The zero-order valence-corrected chi connectivity index (χ0v) is 13.4. The summed E-state index contributed by atoms with van der Waals surface area (Å²) in [5.41, 5.74) is 6.21. The van der Waals surface area contributed by atoms with Gasteiger partial charge in [-0.05, 0) is 37.8 Å². The van der Waals surface area contributed by atoms with Crippen LogP contribution in [0.5, 0.6) is 0 Å². The number of aliphatic imine (C=N–C) groups is 1. The van der Waals surface area contributed by atoms with Gasteiger partial charge in [-0.3, -0.25) is 4.99 Å². The molecule has 0 amide bonds. The van der Waals surface area contributed by atoms with Crippen molar-refractivity contribution >= 4 is 17.7 Å². The Morgan fingerprint density at radius 3 is 2.38 bits per heavy atom. The van der Waals surface area contributed by atoms with Gasteiger partial charge in [-0.1, -0.05) is 31.0 Å².